The van der Waals surface area contributed by atoms with Crippen molar-refractivity contribution in [2.24, 2.45) is 10.3 Å². The van der Waals surface area contributed by atoms with Crippen LogP contribution in [0.1, 0.15) is 28.8 Å². The van der Waals surface area contributed by atoms with Gasteiger partial charge >= 0.3 is 0 Å². The van der Waals surface area contributed by atoms with Gasteiger partial charge in [0.2, 0.25) is 0 Å². The van der Waals surface area contributed by atoms with Crippen LogP contribution < -0.4 is 4.74 Å². The summed E-state index contributed by atoms with van der Waals surface area (Å²) in [6.07, 6.45) is 5.13. The SMILES string of the molecule is COc1cc(C)ccc1C(=O)N1CCC(CN=S(C)(C)=O)CC1. The third kappa shape index (κ3) is 4.96. The van der Waals surface area contributed by atoms with E-state index in [2.05, 4.69) is 4.36 Å². The lowest BCUT2D eigenvalue weighted by Gasteiger charge is -2.31. The molecule has 1 aromatic carbocycles. The smallest absolute Gasteiger partial charge is 0.257 e. The molecule has 0 saturated carbocycles. The van der Waals surface area contributed by atoms with Crippen LogP contribution >= 0.6 is 0 Å². The molecule has 0 N–H and O–H groups in total. The van der Waals surface area contributed by atoms with Gasteiger partial charge in [-0.25, -0.2) is 4.36 Å². The average molecular weight is 338 g/mol. The highest BCUT2D eigenvalue weighted by Gasteiger charge is 2.25. The first-order valence-corrected chi connectivity index (χ1v) is 10.2. The number of piperidine rings is 1. The summed E-state index contributed by atoms with van der Waals surface area (Å²) in [4.78, 5) is 14.6. The van der Waals surface area contributed by atoms with Crippen molar-refractivity contribution in [3.05, 3.63) is 29.3 Å². The first-order chi connectivity index (χ1) is 10.8. The second kappa shape index (κ2) is 7.34. The van der Waals surface area contributed by atoms with Crippen molar-refractivity contribution in [2.75, 3.05) is 39.3 Å². The van der Waals surface area contributed by atoms with Crippen LogP contribution in [0.4, 0.5) is 0 Å². The van der Waals surface area contributed by atoms with Crippen LogP contribution in [0.15, 0.2) is 22.6 Å². The molecule has 1 saturated heterocycles. The van der Waals surface area contributed by atoms with Crippen LogP contribution in [0.3, 0.4) is 0 Å². The normalized spacial score (nSPS) is 16.3. The van der Waals surface area contributed by atoms with E-state index in [4.69, 9.17) is 4.74 Å². The number of benzene rings is 1. The largest absolute Gasteiger partial charge is 0.496 e. The Morgan fingerprint density at radius 3 is 2.57 bits per heavy atom. The summed E-state index contributed by atoms with van der Waals surface area (Å²) in [5.74, 6) is 1.07. The second-order valence-electron chi connectivity index (χ2n) is 6.43. The Kier molecular flexibility index (Phi) is 5.68. The van der Waals surface area contributed by atoms with Gasteiger partial charge in [-0.1, -0.05) is 6.07 Å². The molecule has 6 heteroatoms. The van der Waals surface area contributed by atoms with Crippen molar-refractivity contribution in [3.63, 3.8) is 0 Å². The topological polar surface area (TPSA) is 59.0 Å². The lowest BCUT2D eigenvalue weighted by molar-refractivity contribution is 0.0690. The summed E-state index contributed by atoms with van der Waals surface area (Å²) in [5.41, 5.74) is 1.69. The van der Waals surface area contributed by atoms with Gasteiger partial charge in [-0.2, -0.15) is 0 Å². The summed E-state index contributed by atoms with van der Waals surface area (Å²) in [6, 6.07) is 5.65. The molecule has 1 aromatic rings. The van der Waals surface area contributed by atoms with Gasteiger partial charge < -0.3 is 9.64 Å². The number of carbonyl (C=O) groups is 1. The number of aryl methyl sites for hydroxylation is 1. The van der Waals surface area contributed by atoms with E-state index in [1.807, 2.05) is 30.0 Å². The molecule has 128 valence electrons. The second-order valence-corrected chi connectivity index (χ2v) is 9.05. The molecule has 0 radical (unpaired) electrons. The maximum atomic E-state index is 12.7. The predicted molar refractivity (Wildman–Crippen MR) is 93.6 cm³/mol. The number of likely N-dealkylation sites (tertiary alicyclic amines) is 1. The number of methoxy groups -OCH3 is 1. The van der Waals surface area contributed by atoms with Gasteiger partial charge in [0.25, 0.3) is 5.91 Å². The molecule has 2 rings (SSSR count). The van der Waals surface area contributed by atoms with Crippen LogP contribution in [0.2, 0.25) is 0 Å². The molecule has 0 unspecified atom stereocenters. The van der Waals surface area contributed by atoms with E-state index < -0.39 is 9.73 Å². The summed E-state index contributed by atoms with van der Waals surface area (Å²) in [5, 5.41) is 0. The van der Waals surface area contributed by atoms with E-state index in [-0.39, 0.29) is 5.91 Å². The molecule has 1 aliphatic rings. The molecule has 0 atom stereocenters. The molecule has 1 heterocycles. The summed E-state index contributed by atoms with van der Waals surface area (Å²) in [7, 11) is -0.442. The Morgan fingerprint density at radius 2 is 2.00 bits per heavy atom. The van der Waals surface area contributed by atoms with E-state index >= 15 is 0 Å². The monoisotopic (exact) mass is 338 g/mol. The minimum absolute atomic E-state index is 0.0204. The predicted octanol–water partition coefficient (Wildman–Crippen LogP) is 2.58. The molecule has 1 aliphatic heterocycles. The molecule has 5 nitrogen and oxygen atoms in total. The fraction of sp³-hybridized carbons (Fsp3) is 0.588. The zero-order valence-corrected chi connectivity index (χ0v) is 15.2. The minimum Gasteiger partial charge on any atom is -0.496 e. The number of hydrogen-bond donors (Lipinski definition) is 0. The summed E-state index contributed by atoms with van der Waals surface area (Å²) >= 11 is 0. The highest BCUT2D eigenvalue weighted by Crippen LogP contribution is 2.25. The fourth-order valence-electron chi connectivity index (χ4n) is 2.75. The standard InChI is InChI=1S/C17H26N2O3S/c1-13-5-6-15(16(11-13)22-2)17(20)19-9-7-14(8-10-19)12-18-23(3,4)21/h5-6,11,14H,7-10,12H2,1-4H3. The molecule has 0 aromatic heterocycles. The molecule has 0 bridgehead atoms. The number of carbonyl (C=O) groups excluding carboxylic acids is 1. The van der Waals surface area contributed by atoms with E-state index in [9.17, 15) is 9.00 Å². The minimum atomic E-state index is -2.03. The van der Waals surface area contributed by atoms with Crippen LogP contribution in [-0.4, -0.2) is 54.3 Å². The van der Waals surface area contributed by atoms with E-state index in [1.165, 1.54) is 0 Å². The Balaban J connectivity index is 2.00. The summed E-state index contributed by atoms with van der Waals surface area (Å²) < 4.78 is 21.2. The number of hydrogen-bond acceptors (Lipinski definition) is 4. The molecule has 1 amide bonds. The van der Waals surface area contributed by atoms with Gasteiger partial charge in [-0.15, -0.1) is 0 Å². The lowest BCUT2D eigenvalue weighted by atomic mass is 9.96. The number of amides is 1. The van der Waals surface area contributed by atoms with E-state index in [0.29, 0.717) is 36.9 Å². The molecule has 0 aliphatic carbocycles. The number of ether oxygens (including phenoxy) is 1. The van der Waals surface area contributed by atoms with Crippen molar-refractivity contribution in [2.45, 2.75) is 19.8 Å². The van der Waals surface area contributed by atoms with Crippen molar-refractivity contribution in [3.8, 4) is 5.75 Å². The van der Waals surface area contributed by atoms with Crippen molar-refractivity contribution < 1.29 is 13.7 Å². The van der Waals surface area contributed by atoms with Gasteiger partial charge in [0.05, 0.1) is 19.2 Å². The number of nitrogens with zero attached hydrogens (tertiary/aromatic N) is 2. The lowest BCUT2D eigenvalue weighted by Crippen LogP contribution is -2.39. The fourth-order valence-corrected chi connectivity index (χ4v) is 3.32. The van der Waals surface area contributed by atoms with Gasteiger partial charge in [-0.05, 0) is 43.4 Å². The number of rotatable bonds is 4. The average Bonchev–Trinajstić information content (AvgIpc) is 2.52. The Bertz CT molecular complexity index is 677. The van der Waals surface area contributed by atoms with Crippen molar-refractivity contribution in [1.82, 2.24) is 4.90 Å². The Hall–Kier alpha value is -1.56. The molecular weight excluding hydrogens is 312 g/mol. The highest BCUT2D eigenvalue weighted by atomic mass is 32.2. The van der Waals surface area contributed by atoms with Crippen molar-refractivity contribution in [1.29, 1.82) is 0 Å². The van der Waals surface area contributed by atoms with Gasteiger partial charge in [0, 0.05) is 35.3 Å². The van der Waals surface area contributed by atoms with Crippen LogP contribution in [-0.2, 0) is 9.73 Å². The van der Waals surface area contributed by atoms with E-state index in [1.54, 1.807) is 19.6 Å². The van der Waals surface area contributed by atoms with Gasteiger partial charge in [-0.3, -0.25) is 9.00 Å². The first kappa shape index (κ1) is 17.8. The molecular formula is C17H26N2O3S. The quantitative estimate of drug-likeness (QED) is 0.848. The van der Waals surface area contributed by atoms with Crippen molar-refractivity contribution >= 4 is 15.6 Å². The third-order valence-corrected chi connectivity index (χ3v) is 4.90. The summed E-state index contributed by atoms with van der Waals surface area (Å²) in [6.45, 7) is 4.03. The molecule has 0 spiro atoms. The maximum absolute atomic E-state index is 12.7. The maximum Gasteiger partial charge on any atom is 0.257 e. The van der Waals surface area contributed by atoms with Crippen LogP contribution in [0, 0.1) is 12.8 Å². The van der Waals surface area contributed by atoms with Gasteiger partial charge in [0.1, 0.15) is 5.75 Å². The van der Waals surface area contributed by atoms with Crippen LogP contribution in [0.25, 0.3) is 0 Å². The van der Waals surface area contributed by atoms with Gasteiger partial charge in [0.15, 0.2) is 0 Å². The molecule has 1 fully saturated rings. The Labute approximate surface area is 139 Å². The zero-order valence-electron chi connectivity index (χ0n) is 14.4. The first-order valence-electron chi connectivity index (χ1n) is 7.87. The third-order valence-electron chi connectivity index (χ3n) is 4.13. The zero-order chi connectivity index (χ0) is 17.0. The molecule has 23 heavy (non-hydrogen) atoms. The van der Waals surface area contributed by atoms with Crippen LogP contribution in [0.5, 0.6) is 5.75 Å². The highest BCUT2D eigenvalue weighted by molar-refractivity contribution is 7.92. The Morgan fingerprint density at radius 1 is 1.35 bits per heavy atom. The van der Waals surface area contributed by atoms with E-state index in [0.717, 1.165) is 18.4 Å².